The first-order chi connectivity index (χ1) is 13.6. The van der Waals surface area contributed by atoms with Crippen LogP contribution in [0.2, 0.25) is 5.02 Å². The van der Waals surface area contributed by atoms with Crippen LogP contribution in [0.15, 0.2) is 78.9 Å². The fourth-order valence-corrected chi connectivity index (χ4v) is 3.94. The Morgan fingerprint density at radius 3 is 2.39 bits per heavy atom. The predicted octanol–water partition coefficient (Wildman–Crippen LogP) is 6.52. The van der Waals surface area contributed by atoms with E-state index in [9.17, 15) is 9.18 Å². The van der Waals surface area contributed by atoms with Crippen LogP contribution in [0, 0.1) is 5.82 Å². The van der Waals surface area contributed by atoms with Crippen molar-refractivity contribution < 1.29 is 9.18 Å². The number of anilines is 1. The molecule has 1 aromatic heterocycles. The quantitative estimate of drug-likeness (QED) is 0.417. The summed E-state index contributed by atoms with van der Waals surface area (Å²) in [5.74, 6) is -0.601. The maximum atomic E-state index is 13.3. The van der Waals surface area contributed by atoms with Crippen molar-refractivity contribution in [2.45, 2.75) is 0 Å². The lowest BCUT2D eigenvalue weighted by atomic mass is 10.1. The summed E-state index contributed by atoms with van der Waals surface area (Å²) in [5.41, 5.74) is 2.90. The van der Waals surface area contributed by atoms with E-state index in [2.05, 4.69) is 10.3 Å². The normalized spacial score (nSPS) is 10.6. The Labute approximate surface area is 170 Å². The second kappa shape index (κ2) is 7.92. The summed E-state index contributed by atoms with van der Waals surface area (Å²) in [7, 11) is 0. The van der Waals surface area contributed by atoms with Gasteiger partial charge in [0, 0.05) is 16.1 Å². The molecule has 4 aromatic rings. The van der Waals surface area contributed by atoms with Gasteiger partial charge in [-0.3, -0.25) is 10.1 Å². The Bertz CT molecular complexity index is 1130. The molecule has 3 nitrogen and oxygen atoms in total. The molecule has 1 amide bonds. The summed E-state index contributed by atoms with van der Waals surface area (Å²) in [5, 5.41) is 3.78. The highest BCUT2D eigenvalue weighted by Crippen LogP contribution is 2.39. The summed E-state index contributed by atoms with van der Waals surface area (Å²) in [6.45, 7) is 0. The van der Waals surface area contributed by atoms with Gasteiger partial charge in [0.25, 0.3) is 5.91 Å². The van der Waals surface area contributed by atoms with E-state index in [1.54, 1.807) is 36.4 Å². The fourth-order valence-electron chi connectivity index (χ4n) is 2.76. The first kappa shape index (κ1) is 18.3. The first-order valence-corrected chi connectivity index (χ1v) is 9.69. The lowest BCUT2D eigenvalue weighted by Crippen LogP contribution is -2.11. The zero-order valence-electron chi connectivity index (χ0n) is 14.5. The molecule has 0 aliphatic rings. The molecule has 0 unspecified atom stereocenters. The predicted molar refractivity (Wildman–Crippen MR) is 112 cm³/mol. The van der Waals surface area contributed by atoms with Crippen LogP contribution < -0.4 is 5.32 Å². The van der Waals surface area contributed by atoms with Gasteiger partial charge in [-0.2, -0.15) is 0 Å². The van der Waals surface area contributed by atoms with E-state index < -0.39 is 0 Å². The topological polar surface area (TPSA) is 42.0 Å². The van der Waals surface area contributed by atoms with E-state index in [4.69, 9.17) is 11.6 Å². The minimum Gasteiger partial charge on any atom is -0.298 e. The molecule has 0 spiro atoms. The number of nitrogens with zero attached hydrogens (tertiary/aromatic N) is 1. The van der Waals surface area contributed by atoms with Gasteiger partial charge >= 0.3 is 0 Å². The van der Waals surface area contributed by atoms with Crippen molar-refractivity contribution in [3.63, 3.8) is 0 Å². The highest BCUT2D eigenvalue weighted by atomic mass is 35.5. The zero-order valence-corrected chi connectivity index (χ0v) is 16.1. The van der Waals surface area contributed by atoms with E-state index in [1.165, 1.54) is 23.5 Å². The maximum absolute atomic E-state index is 13.3. The minimum atomic E-state index is -0.310. The van der Waals surface area contributed by atoms with Gasteiger partial charge in [-0.1, -0.05) is 59.3 Å². The molecule has 0 bridgehead atoms. The number of carbonyl (C=O) groups excluding carboxylic acids is 1. The van der Waals surface area contributed by atoms with Gasteiger partial charge in [-0.05, 0) is 48.0 Å². The molecule has 28 heavy (non-hydrogen) atoms. The largest absolute Gasteiger partial charge is 0.298 e. The first-order valence-electron chi connectivity index (χ1n) is 8.49. The van der Waals surface area contributed by atoms with Crippen LogP contribution in [0.25, 0.3) is 21.7 Å². The molecule has 0 aliphatic heterocycles. The summed E-state index contributed by atoms with van der Waals surface area (Å²) >= 11 is 7.34. The average Bonchev–Trinajstić information content (AvgIpc) is 3.13. The Balaban J connectivity index is 1.73. The van der Waals surface area contributed by atoms with Crippen LogP contribution in [0.3, 0.4) is 0 Å². The van der Waals surface area contributed by atoms with Crippen molar-refractivity contribution in [1.29, 1.82) is 0 Å². The third-order valence-electron chi connectivity index (χ3n) is 4.09. The van der Waals surface area contributed by atoms with Crippen molar-refractivity contribution in [1.82, 2.24) is 4.98 Å². The summed E-state index contributed by atoms with van der Waals surface area (Å²) in [4.78, 5) is 18.1. The van der Waals surface area contributed by atoms with Crippen LogP contribution in [0.1, 0.15) is 10.4 Å². The molecule has 0 saturated carbocycles. The second-order valence-corrected chi connectivity index (χ2v) is 7.47. The Morgan fingerprint density at radius 1 is 0.929 bits per heavy atom. The summed E-state index contributed by atoms with van der Waals surface area (Å²) in [6, 6.07) is 22.6. The molecule has 138 valence electrons. The average molecular weight is 409 g/mol. The fraction of sp³-hybridized carbons (Fsp3) is 0. The number of hydrogen-bond acceptors (Lipinski definition) is 3. The highest BCUT2D eigenvalue weighted by Gasteiger charge is 2.17. The molecule has 6 heteroatoms. The van der Waals surface area contributed by atoms with Crippen molar-refractivity contribution >= 4 is 34.0 Å². The van der Waals surface area contributed by atoms with Crippen LogP contribution >= 0.6 is 22.9 Å². The SMILES string of the molecule is O=C(Nc1nc(-c2ccc(F)cc2)c(-c2ccccc2)s1)c1cccc(Cl)c1. The van der Waals surface area contributed by atoms with Gasteiger partial charge in [-0.15, -0.1) is 0 Å². The number of amides is 1. The van der Waals surface area contributed by atoms with Gasteiger partial charge < -0.3 is 0 Å². The van der Waals surface area contributed by atoms with Gasteiger partial charge in [0.2, 0.25) is 0 Å². The van der Waals surface area contributed by atoms with E-state index in [1.807, 2.05) is 30.3 Å². The van der Waals surface area contributed by atoms with Crippen LogP contribution in [-0.2, 0) is 0 Å². The van der Waals surface area contributed by atoms with E-state index in [0.29, 0.717) is 21.4 Å². The molecule has 1 heterocycles. The van der Waals surface area contributed by atoms with Crippen LogP contribution in [-0.4, -0.2) is 10.9 Å². The standard InChI is InChI=1S/C22H14ClFN2OS/c23-17-8-4-7-16(13-17)21(27)26-22-25-19(14-9-11-18(24)12-10-14)20(28-22)15-5-2-1-3-6-15/h1-13H,(H,25,26,27). The molecule has 0 atom stereocenters. The van der Waals surface area contributed by atoms with Gasteiger partial charge in [0.1, 0.15) is 5.82 Å². The summed E-state index contributed by atoms with van der Waals surface area (Å²) < 4.78 is 13.3. The second-order valence-electron chi connectivity index (χ2n) is 6.03. The third-order valence-corrected chi connectivity index (χ3v) is 5.34. The molecule has 0 saturated heterocycles. The monoisotopic (exact) mass is 408 g/mol. The maximum Gasteiger partial charge on any atom is 0.257 e. The van der Waals surface area contributed by atoms with Crippen LogP contribution in [0.4, 0.5) is 9.52 Å². The van der Waals surface area contributed by atoms with Gasteiger partial charge in [-0.25, -0.2) is 9.37 Å². The number of nitrogens with one attached hydrogen (secondary N) is 1. The lowest BCUT2D eigenvalue weighted by molar-refractivity contribution is 0.102. The smallest absolute Gasteiger partial charge is 0.257 e. The Hall–Kier alpha value is -3.02. The molecule has 1 N–H and O–H groups in total. The molecule has 4 rings (SSSR count). The van der Waals surface area contributed by atoms with Crippen LogP contribution in [0.5, 0.6) is 0 Å². The number of benzene rings is 3. The molecule has 0 aliphatic carbocycles. The molecular formula is C22H14ClFN2OS. The number of hydrogen-bond donors (Lipinski definition) is 1. The van der Waals surface area contributed by atoms with Crippen molar-refractivity contribution in [2.24, 2.45) is 0 Å². The number of rotatable bonds is 4. The highest BCUT2D eigenvalue weighted by molar-refractivity contribution is 7.19. The van der Waals surface area contributed by atoms with E-state index in [0.717, 1.165) is 16.0 Å². The summed E-state index contributed by atoms with van der Waals surface area (Å²) in [6.07, 6.45) is 0. The van der Waals surface area contributed by atoms with Gasteiger partial charge in [0.15, 0.2) is 5.13 Å². The third kappa shape index (κ3) is 3.96. The number of aromatic nitrogens is 1. The lowest BCUT2D eigenvalue weighted by Gasteiger charge is -2.02. The molecular weight excluding hydrogens is 395 g/mol. The molecule has 0 radical (unpaired) electrons. The number of halogens is 2. The van der Waals surface area contributed by atoms with E-state index in [-0.39, 0.29) is 11.7 Å². The van der Waals surface area contributed by atoms with E-state index >= 15 is 0 Å². The number of thiazole rings is 1. The Morgan fingerprint density at radius 2 is 1.68 bits per heavy atom. The number of carbonyl (C=O) groups is 1. The van der Waals surface area contributed by atoms with Gasteiger partial charge in [0.05, 0.1) is 10.6 Å². The molecule has 0 fully saturated rings. The molecule has 3 aromatic carbocycles. The van der Waals surface area contributed by atoms with Crippen molar-refractivity contribution in [3.05, 3.63) is 95.3 Å². The zero-order chi connectivity index (χ0) is 19.5. The van der Waals surface area contributed by atoms with Crippen molar-refractivity contribution in [2.75, 3.05) is 5.32 Å². The van der Waals surface area contributed by atoms with Crippen molar-refractivity contribution in [3.8, 4) is 21.7 Å². The minimum absolute atomic E-state index is 0.290. The Kier molecular flexibility index (Phi) is 5.19.